The Morgan fingerprint density at radius 2 is 1.84 bits per heavy atom. The predicted molar refractivity (Wildman–Crippen MR) is 83.1 cm³/mol. The molecular formula is C16H23BrO2. The molecule has 0 aliphatic heterocycles. The number of carbonyl (C=O) groups is 1. The van der Waals surface area contributed by atoms with E-state index in [-0.39, 0.29) is 0 Å². The summed E-state index contributed by atoms with van der Waals surface area (Å²) in [6.45, 7) is 4.94. The van der Waals surface area contributed by atoms with Gasteiger partial charge in [0.25, 0.3) is 0 Å². The number of aryl methyl sites for hydroxylation is 1. The number of halogens is 1. The van der Waals surface area contributed by atoms with Crippen molar-refractivity contribution >= 4 is 22.2 Å². The van der Waals surface area contributed by atoms with Gasteiger partial charge < -0.3 is 4.74 Å². The molecule has 19 heavy (non-hydrogen) atoms. The monoisotopic (exact) mass is 326 g/mol. The Balaban J connectivity index is 2.35. The molecule has 0 aliphatic carbocycles. The van der Waals surface area contributed by atoms with E-state index in [2.05, 4.69) is 22.9 Å². The second-order valence-corrected chi connectivity index (χ2v) is 5.74. The van der Waals surface area contributed by atoms with Gasteiger partial charge in [-0.05, 0) is 47.0 Å². The molecule has 0 saturated carbocycles. The molecule has 0 fully saturated rings. The molecule has 2 nitrogen and oxygen atoms in total. The van der Waals surface area contributed by atoms with Crippen molar-refractivity contribution < 1.29 is 9.53 Å². The van der Waals surface area contributed by atoms with Crippen LogP contribution in [0, 0.1) is 6.92 Å². The van der Waals surface area contributed by atoms with E-state index in [1.54, 1.807) is 6.07 Å². The third-order valence-corrected chi connectivity index (χ3v) is 3.72. The smallest absolute Gasteiger partial charge is 0.150 e. The first-order valence-corrected chi connectivity index (χ1v) is 7.86. The van der Waals surface area contributed by atoms with Crippen molar-refractivity contribution in [3.63, 3.8) is 0 Å². The summed E-state index contributed by atoms with van der Waals surface area (Å²) >= 11 is 3.46. The quantitative estimate of drug-likeness (QED) is 0.454. The van der Waals surface area contributed by atoms with Crippen molar-refractivity contribution in [3.8, 4) is 5.75 Å². The molecule has 0 amide bonds. The summed E-state index contributed by atoms with van der Waals surface area (Å²) in [5, 5.41) is 0. The Kier molecular flexibility index (Phi) is 7.80. The van der Waals surface area contributed by atoms with E-state index in [4.69, 9.17) is 4.74 Å². The van der Waals surface area contributed by atoms with Crippen LogP contribution in [-0.4, -0.2) is 12.9 Å². The third-order valence-electron chi connectivity index (χ3n) is 3.13. The number of rotatable bonds is 9. The maximum atomic E-state index is 10.7. The predicted octanol–water partition coefficient (Wildman–Crippen LogP) is 5.31. The van der Waals surface area contributed by atoms with Gasteiger partial charge in [-0.1, -0.05) is 39.0 Å². The molecule has 0 N–H and O–H groups in total. The molecule has 0 aromatic heterocycles. The summed E-state index contributed by atoms with van der Waals surface area (Å²) in [6.07, 6.45) is 8.41. The molecule has 0 aliphatic rings. The molecule has 0 radical (unpaired) electrons. The van der Waals surface area contributed by atoms with Crippen LogP contribution in [0.5, 0.6) is 5.75 Å². The van der Waals surface area contributed by atoms with Crippen LogP contribution in [0.3, 0.4) is 0 Å². The minimum absolute atomic E-state index is 0.677. The molecule has 1 aromatic carbocycles. The number of ether oxygens (including phenoxy) is 1. The first-order valence-electron chi connectivity index (χ1n) is 7.07. The van der Waals surface area contributed by atoms with Crippen LogP contribution in [0.1, 0.15) is 61.4 Å². The largest absolute Gasteiger partial charge is 0.492 e. The third kappa shape index (κ3) is 5.77. The van der Waals surface area contributed by atoms with Crippen molar-refractivity contribution in [3.05, 3.63) is 27.7 Å². The lowest BCUT2D eigenvalue weighted by Crippen LogP contribution is -2.00. The second kappa shape index (κ2) is 9.13. The highest BCUT2D eigenvalue weighted by Crippen LogP contribution is 2.30. The molecule has 0 bridgehead atoms. The Hall–Kier alpha value is -0.830. The fourth-order valence-corrected chi connectivity index (χ4v) is 2.76. The van der Waals surface area contributed by atoms with E-state index in [0.29, 0.717) is 5.56 Å². The first kappa shape index (κ1) is 16.2. The fraction of sp³-hybridized carbons (Fsp3) is 0.562. The van der Waals surface area contributed by atoms with Crippen LogP contribution in [0.25, 0.3) is 0 Å². The number of unbranched alkanes of at least 4 members (excludes halogenated alkanes) is 5. The molecule has 3 heteroatoms. The average molecular weight is 327 g/mol. The molecule has 0 spiro atoms. The van der Waals surface area contributed by atoms with E-state index >= 15 is 0 Å². The maximum absolute atomic E-state index is 10.7. The molecule has 1 aromatic rings. The number of aldehydes is 1. The minimum Gasteiger partial charge on any atom is -0.492 e. The Morgan fingerprint density at radius 3 is 2.47 bits per heavy atom. The summed E-state index contributed by atoms with van der Waals surface area (Å²) in [7, 11) is 0. The fourth-order valence-electron chi connectivity index (χ4n) is 2.06. The van der Waals surface area contributed by atoms with E-state index in [1.807, 2.05) is 13.0 Å². The van der Waals surface area contributed by atoms with Gasteiger partial charge in [0.1, 0.15) is 12.0 Å². The van der Waals surface area contributed by atoms with Crippen molar-refractivity contribution in [2.45, 2.75) is 52.4 Å². The Morgan fingerprint density at radius 1 is 1.16 bits per heavy atom. The van der Waals surface area contributed by atoms with Crippen LogP contribution >= 0.6 is 15.9 Å². The normalized spacial score (nSPS) is 10.5. The van der Waals surface area contributed by atoms with Crippen LogP contribution in [0.4, 0.5) is 0 Å². The lowest BCUT2D eigenvalue weighted by molar-refractivity contribution is 0.112. The number of hydrogen-bond donors (Lipinski definition) is 0. The molecular weight excluding hydrogens is 304 g/mol. The zero-order chi connectivity index (χ0) is 14.1. The van der Waals surface area contributed by atoms with Crippen LogP contribution in [-0.2, 0) is 0 Å². The Bertz CT molecular complexity index is 379. The van der Waals surface area contributed by atoms with Gasteiger partial charge in [-0.15, -0.1) is 0 Å². The van der Waals surface area contributed by atoms with Gasteiger partial charge in [-0.25, -0.2) is 0 Å². The topological polar surface area (TPSA) is 26.3 Å². The highest BCUT2D eigenvalue weighted by Gasteiger charge is 2.07. The highest BCUT2D eigenvalue weighted by atomic mass is 79.9. The molecule has 1 rings (SSSR count). The van der Waals surface area contributed by atoms with E-state index < -0.39 is 0 Å². The lowest BCUT2D eigenvalue weighted by atomic mass is 10.1. The van der Waals surface area contributed by atoms with Crippen LogP contribution in [0.15, 0.2) is 16.6 Å². The van der Waals surface area contributed by atoms with Gasteiger partial charge in [-0.2, -0.15) is 0 Å². The summed E-state index contributed by atoms with van der Waals surface area (Å²) in [4.78, 5) is 10.7. The molecule has 106 valence electrons. The maximum Gasteiger partial charge on any atom is 0.150 e. The summed E-state index contributed by atoms with van der Waals surface area (Å²) in [5.74, 6) is 0.860. The highest BCUT2D eigenvalue weighted by molar-refractivity contribution is 9.10. The standard InChI is InChI=1S/C16H23BrO2/c1-3-4-5-6-7-8-9-19-16-13(2)10-14(12-18)11-15(16)17/h10-12H,3-9H2,1-2H3. The Labute approximate surface area is 124 Å². The number of carbonyl (C=O) groups excluding carboxylic acids is 1. The van der Waals surface area contributed by atoms with Crippen LogP contribution in [0.2, 0.25) is 0 Å². The SMILES string of the molecule is CCCCCCCCOc1c(C)cc(C=O)cc1Br. The lowest BCUT2D eigenvalue weighted by Gasteiger charge is -2.11. The van der Waals surface area contributed by atoms with Crippen molar-refractivity contribution in [1.29, 1.82) is 0 Å². The number of benzene rings is 1. The first-order chi connectivity index (χ1) is 9.19. The van der Waals surface area contributed by atoms with Gasteiger partial charge in [0.2, 0.25) is 0 Å². The average Bonchev–Trinajstić information content (AvgIpc) is 2.40. The zero-order valence-electron chi connectivity index (χ0n) is 11.9. The van der Waals surface area contributed by atoms with Crippen molar-refractivity contribution in [2.24, 2.45) is 0 Å². The van der Waals surface area contributed by atoms with Crippen molar-refractivity contribution in [1.82, 2.24) is 0 Å². The second-order valence-electron chi connectivity index (χ2n) is 4.88. The number of hydrogen-bond acceptors (Lipinski definition) is 2. The molecule has 0 heterocycles. The van der Waals surface area contributed by atoms with Crippen LogP contribution < -0.4 is 4.74 Å². The van der Waals surface area contributed by atoms with E-state index in [1.165, 1.54) is 32.1 Å². The molecule has 0 saturated heterocycles. The van der Waals surface area contributed by atoms with Gasteiger partial charge >= 0.3 is 0 Å². The summed E-state index contributed by atoms with van der Waals surface area (Å²) in [5.41, 5.74) is 1.68. The van der Waals surface area contributed by atoms with Gasteiger partial charge in [-0.3, -0.25) is 4.79 Å². The van der Waals surface area contributed by atoms with Gasteiger partial charge in [0, 0.05) is 5.56 Å². The molecule has 0 atom stereocenters. The molecule has 0 unspecified atom stereocenters. The van der Waals surface area contributed by atoms with Gasteiger partial charge in [0.15, 0.2) is 0 Å². The van der Waals surface area contributed by atoms with E-state index in [9.17, 15) is 4.79 Å². The summed E-state index contributed by atoms with van der Waals surface area (Å²) < 4.78 is 6.67. The van der Waals surface area contributed by atoms with Crippen molar-refractivity contribution in [2.75, 3.05) is 6.61 Å². The minimum atomic E-state index is 0.677. The van der Waals surface area contributed by atoms with E-state index in [0.717, 1.165) is 35.1 Å². The summed E-state index contributed by atoms with van der Waals surface area (Å²) in [6, 6.07) is 3.66. The van der Waals surface area contributed by atoms with Gasteiger partial charge in [0.05, 0.1) is 11.1 Å². The zero-order valence-corrected chi connectivity index (χ0v) is 13.5.